The predicted octanol–water partition coefficient (Wildman–Crippen LogP) is 3.43. The van der Waals surface area contributed by atoms with Gasteiger partial charge in [0.1, 0.15) is 0 Å². The lowest BCUT2D eigenvalue weighted by molar-refractivity contribution is 0.153. The molecule has 1 aliphatic rings. The molecule has 0 aromatic carbocycles. The van der Waals surface area contributed by atoms with Gasteiger partial charge in [0.05, 0.1) is 24.8 Å². The van der Waals surface area contributed by atoms with E-state index < -0.39 is 0 Å². The highest BCUT2D eigenvalue weighted by Crippen LogP contribution is 2.14. The first kappa shape index (κ1) is 21.3. The summed E-state index contributed by atoms with van der Waals surface area (Å²) < 4.78 is 7.39. The van der Waals surface area contributed by atoms with Crippen LogP contribution in [0, 0.1) is 0 Å². The number of aliphatic imine (C=N–C) groups is 1. The molecule has 5 nitrogen and oxygen atoms in total. The monoisotopic (exact) mass is 466 g/mol. The van der Waals surface area contributed by atoms with E-state index in [9.17, 15) is 0 Å². The van der Waals surface area contributed by atoms with Crippen LogP contribution in [0.3, 0.4) is 0 Å². The molecule has 2 rings (SSSR count). The molecule has 1 aromatic heterocycles. The number of aryl methyl sites for hydroxylation is 1. The Bertz CT molecular complexity index is 571. The van der Waals surface area contributed by atoms with Crippen LogP contribution >= 0.6 is 35.6 Å². The molecule has 7 heteroatoms. The van der Waals surface area contributed by atoms with Crippen molar-refractivity contribution < 1.29 is 4.74 Å². The van der Waals surface area contributed by atoms with Gasteiger partial charge in [0.15, 0.2) is 5.96 Å². The molecule has 0 fully saturated rings. The molecule has 0 unspecified atom stereocenters. The zero-order chi connectivity index (χ0) is 16.7. The van der Waals surface area contributed by atoms with Crippen molar-refractivity contribution in [1.29, 1.82) is 0 Å². The summed E-state index contributed by atoms with van der Waals surface area (Å²) in [6, 6.07) is 1.99. The summed E-state index contributed by atoms with van der Waals surface area (Å²) >= 11 is 6.06. The molecule has 136 valence electrons. The largest absolute Gasteiger partial charge is 0.377 e. The maximum absolute atomic E-state index is 6.06. The number of guanidine groups is 1. The maximum atomic E-state index is 6.06. The third kappa shape index (κ3) is 6.64. The summed E-state index contributed by atoms with van der Waals surface area (Å²) in [5.74, 6) is 0.928. The summed E-state index contributed by atoms with van der Waals surface area (Å²) in [4.78, 5) is 6.88. The fourth-order valence-electron chi connectivity index (χ4n) is 2.61. The Kier molecular flexibility index (Phi) is 9.76. The van der Waals surface area contributed by atoms with Crippen molar-refractivity contribution in [2.24, 2.45) is 12.0 Å². The molecule has 0 atom stereocenters. The van der Waals surface area contributed by atoms with Crippen molar-refractivity contribution in [3.05, 3.63) is 34.6 Å². The van der Waals surface area contributed by atoms with Crippen molar-refractivity contribution in [2.75, 3.05) is 33.4 Å². The average molecular weight is 467 g/mol. The van der Waals surface area contributed by atoms with Crippen molar-refractivity contribution in [3.8, 4) is 0 Å². The highest BCUT2D eigenvalue weighted by molar-refractivity contribution is 14.0. The minimum absolute atomic E-state index is 0. The maximum Gasteiger partial charge on any atom is 0.194 e. The lowest BCUT2D eigenvalue weighted by Crippen LogP contribution is -2.38. The highest BCUT2D eigenvalue weighted by Gasteiger charge is 2.10. The summed E-state index contributed by atoms with van der Waals surface area (Å²) in [7, 11) is 4.06. The summed E-state index contributed by atoms with van der Waals surface area (Å²) in [5, 5.41) is 4.12. The van der Waals surface area contributed by atoms with E-state index in [0.717, 1.165) is 62.4 Å². The molecule has 1 N–H and O–H groups in total. The minimum atomic E-state index is 0. The van der Waals surface area contributed by atoms with E-state index in [1.165, 1.54) is 5.57 Å². The van der Waals surface area contributed by atoms with Crippen molar-refractivity contribution in [1.82, 2.24) is 14.8 Å². The molecular formula is C17H28ClIN4O. The number of hydrogen-bond donors (Lipinski definition) is 1. The van der Waals surface area contributed by atoms with Gasteiger partial charge in [-0.05, 0) is 25.8 Å². The molecule has 0 amide bonds. The van der Waals surface area contributed by atoms with Gasteiger partial charge in [-0.25, -0.2) is 0 Å². The number of nitrogens with one attached hydrogen (secondary N) is 1. The van der Waals surface area contributed by atoms with Crippen LogP contribution in [0.1, 0.15) is 25.5 Å². The molecule has 0 saturated heterocycles. The van der Waals surface area contributed by atoms with Gasteiger partial charge in [0, 0.05) is 39.1 Å². The van der Waals surface area contributed by atoms with E-state index >= 15 is 0 Å². The second-order valence-electron chi connectivity index (χ2n) is 5.79. The average Bonchev–Trinajstić information content (AvgIpc) is 2.85. The number of ether oxygens (including phenoxy) is 1. The van der Waals surface area contributed by atoms with Gasteiger partial charge >= 0.3 is 0 Å². The molecular weight excluding hydrogens is 439 g/mol. The molecule has 1 aromatic rings. The fourth-order valence-corrected chi connectivity index (χ4v) is 2.88. The third-order valence-corrected chi connectivity index (χ3v) is 4.13. The molecule has 0 spiro atoms. The van der Waals surface area contributed by atoms with Crippen LogP contribution in [-0.2, 0) is 18.3 Å². The lowest BCUT2D eigenvalue weighted by Gasteiger charge is -2.22. The van der Waals surface area contributed by atoms with E-state index in [1.54, 1.807) is 0 Å². The van der Waals surface area contributed by atoms with Gasteiger partial charge in [-0.2, -0.15) is 0 Å². The Morgan fingerprint density at radius 1 is 1.50 bits per heavy atom. The van der Waals surface area contributed by atoms with Crippen molar-refractivity contribution in [2.45, 2.75) is 26.3 Å². The van der Waals surface area contributed by atoms with E-state index in [4.69, 9.17) is 21.3 Å². The Balaban J connectivity index is 0.00000288. The zero-order valence-electron chi connectivity index (χ0n) is 14.7. The highest BCUT2D eigenvalue weighted by atomic mass is 127. The Morgan fingerprint density at radius 2 is 2.29 bits per heavy atom. The van der Waals surface area contributed by atoms with Gasteiger partial charge < -0.3 is 19.5 Å². The Labute approximate surface area is 167 Å². The minimum Gasteiger partial charge on any atom is -0.377 e. The normalized spacial score (nSPS) is 14.8. The molecule has 2 heterocycles. The van der Waals surface area contributed by atoms with Gasteiger partial charge in [-0.1, -0.05) is 23.3 Å². The van der Waals surface area contributed by atoms with Gasteiger partial charge in [0.25, 0.3) is 0 Å². The molecule has 0 saturated carbocycles. The molecule has 0 radical (unpaired) electrons. The first-order chi connectivity index (χ1) is 11.1. The quantitative estimate of drug-likeness (QED) is 0.302. The van der Waals surface area contributed by atoms with Crippen LogP contribution in [0.4, 0.5) is 0 Å². The predicted molar refractivity (Wildman–Crippen MR) is 111 cm³/mol. The van der Waals surface area contributed by atoms with Crippen LogP contribution in [0.25, 0.3) is 0 Å². The van der Waals surface area contributed by atoms with Gasteiger partial charge in [-0.15, -0.1) is 24.0 Å². The second kappa shape index (κ2) is 11.0. The van der Waals surface area contributed by atoms with Crippen molar-refractivity contribution in [3.63, 3.8) is 0 Å². The molecule has 0 bridgehead atoms. The fraction of sp³-hybridized carbons (Fsp3) is 0.588. The van der Waals surface area contributed by atoms with Crippen LogP contribution in [-0.4, -0.2) is 48.8 Å². The van der Waals surface area contributed by atoms with Crippen LogP contribution in [0.2, 0.25) is 5.02 Å². The Morgan fingerprint density at radius 3 is 2.88 bits per heavy atom. The molecule has 24 heavy (non-hydrogen) atoms. The number of halogens is 2. The lowest BCUT2D eigenvalue weighted by atomic mass is 10.1. The van der Waals surface area contributed by atoms with Crippen LogP contribution in [0.15, 0.2) is 28.9 Å². The van der Waals surface area contributed by atoms with Gasteiger partial charge in [0.2, 0.25) is 0 Å². The smallest absolute Gasteiger partial charge is 0.194 e. The number of hydrogen-bond acceptors (Lipinski definition) is 2. The Hall–Kier alpha value is -0.730. The topological polar surface area (TPSA) is 41.8 Å². The van der Waals surface area contributed by atoms with Crippen LogP contribution < -0.4 is 5.32 Å². The zero-order valence-corrected chi connectivity index (χ0v) is 17.8. The number of nitrogens with zero attached hydrogens (tertiary/aromatic N) is 3. The summed E-state index contributed by atoms with van der Waals surface area (Å²) in [5.41, 5.74) is 2.61. The van der Waals surface area contributed by atoms with Gasteiger partial charge in [-0.3, -0.25) is 4.99 Å². The first-order valence-electron chi connectivity index (χ1n) is 8.16. The van der Waals surface area contributed by atoms with E-state index in [0.29, 0.717) is 0 Å². The molecule has 0 aliphatic carbocycles. The van der Waals surface area contributed by atoms with E-state index in [2.05, 4.69) is 34.8 Å². The number of rotatable bonds is 6. The summed E-state index contributed by atoms with van der Waals surface area (Å²) in [6.45, 7) is 6.09. The van der Waals surface area contributed by atoms with Crippen LogP contribution in [0.5, 0.6) is 0 Å². The SMILES string of the molecule is CCNC(=NCCC1=CCOCC1)N(C)Cc1cc(Cl)cn1C.I. The van der Waals surface area contributed by atoms with E-state index in [1.807, 2.05) is 19.3 Å². The van der Waals surface area contributed by atoms with E-state index in [-0.39, 0.29) is 24.0 Å². The first-order valence-corrected chi connectivity index (χ1v) is 8.53. The van der Waals surface area contributed by atoms with Crippen molar-refractivity contribution >= 4 is 41.5 Å². The third-order valence-electron chi connectivity index (χ3n) is 3.92. The second-order valence-corrected chi connectivity index (χ2v) is 6.23. The number of aromatic nitrogens is 1. The molecule has 1 aliphatic heterocycles. The summed E-state index contributed by atoms with van der Waals surface area (Å²) in [6.07, 6.45) is 6.14. The standard InChI is InChI=1S/C17H27ClN4O.HI/c1-4-19-17(20-8-5-14-6-9-23-10-7-14)22(3)13-16-11-15(18)12-21(16)2;/h6,11-12H,4-5,7-10,13H2,1-3H3,(H,19,20);1H.